The Morgan fingerprint density at radius 3 is 2.12 bits per heavy atom. The van der Waals surface area contributed by atoms with Gasteiger partial charge in [0.2, 0.25) is 0 Å². The van der Waals surface area contributed by atoms with E-state index in [1.54, 1.807) is 12.1 Å². The molecule has 0 saturated heterocycles. The van der Waals surface area contributed by atoms with Gasteiger partial charge >= 0.3 is 0 Å². The van der Waals surface area contributed by atoms with Gasteiger partial charge in [0.1, 0.15) is 11.4 Å². The van der Waals surface area contributed by atoms with Crippen LogP contribution in [0.25, 0.3) is 0 Å². The van der Waals surface area contributed by atoms with E-state index in [1.165, 1.54) is 0 Å². The summed E-state index contributed by atoms with van der Waals surface area (Å²) in [5.74, 6) is -0.165. The van der Waals surface area contributed by atoms with Gasteiger partial charge in [-0.3, -0.25) is 25.0 Å². The Morgan fingerprint density at radius 1 is 0.906 bits per heavy atom. The van der Waals surface area contributed by atoms with Crippen LogP contribution in [0.3, 0.4) is 0 Å². The molecule has 0 aliphatic heterocycles. The molecule has 0 atom stereocenters. The highest BCUT2D eigenvalue weighted by atomic mass is 16.6. The van der Waals surface area contributed by atoms with E-state index in [0.29, 0.717) is 5.75 Å². The molecule has 1 N–H and O–H groups in total. The first-order valence-corrected chi connectivity index (χ1v) is 9.70. The van der Waals surface area contributed by atoms with Gasteiger partial charge in [0.25, 0.3) is 17.3 Å². The third-order valence-electron chi connectivity index (χ3n) is 5.10. The molecule has 9 heteroatoms. The number of amides is 1. The molecule has 164 valence electrons. The Bertz CT molecular complexity index is 1140. The van der Waals surface area contributed by atoms with E-state index in [2.05, 4.69) is 31.3 Å². The Balaban J connectivity index is 1.65. The average molecular weight is 435 g/mol. The summed E-state index contributed by atoms with van der Waals surface area (Å²) in [6.07, 6.45) is 0. The Kier molecular flexibility index (Phi) is 6.48. The van der Waals surface area contributed by atoms with Gasteiger partial charge in [-0.15, -0.1) is 0 Å². The molecule has 0 aromatic heterocycles. The summed E-state index contributed by atoms with van der Waals surface area (Å²) >= 11 is 0. The number of carbonyl (C=O) groups is 1. The van der Waals surface area contributed by atoms with Crippen molar-refractivity contribution in [2.45, 2.75) is 19.3 Å². The molecule has 3 rings (SSSR count). The van der Waals surface area contributed by atoms with Gasteiger partial charge in [0.05, 0.1) is 15.9 Å². The zero-order valence-corrected chi connectivity index (χ0v) is 17.5. The molecule has 0 aliphatic carbocycles. The first-order valence-electron chi connectivity index (χ1n) is 9.70. The third-order valence-corrected chi connectivity index (χ3v) is 5.10. The minimum Gasteiger partial charge on any atom is -0.484 e. The number of carbonyl (C=O) groups excluding carboxylic acids is 1. The van der Waals surface area contributed by atoms with Crippen LogP contribution >= 0.6 is 0 Å². The number of rotatable bonds is 8. The molecular weight excluding hydrogens is 414 g/mol. The van der Waals surface area contributed by atoms with Crippen molar-refractivity contribution in [1.29, 1.82) is 0 Å². The number of nitrogens with one attached hydrogen (secondary N) is 1. The number of non-ortho nitro benzene ring substituents is 1. The van der Waals surface area contributed by atoms with Crippen LogP contribution in [-0.2, 0) is 10.2 Å². The monoisotopic (exact) mass is 435 g/mol. The second-order valence-corrected chi connectivity index (χ2v) is 7.57. The lowest BCUT2D eigenvalue weighted by Gasteiger charge is -2.26. The van der Waals surface area contributed by atoms with E-state index in [-0.39, 0.29) is 17.7 Å². The highest BCUT2D eigenvalue weighted by Gasteiger charge is 2.23. The van der Waals surface area contributed by atoms with Crippen LogP contribution in [0.15, 0.2) is 72.8 Å². The highest BCUT2D eigenvalue weighted by molar-refractivity contribution is 5.94. The van der Waals surface area contributed by atoms with Crippen molar-refractivity contribution in [3.8, 4) is 5.75 Å². The quantitative estimate of drug-likeness (QED) is 0.398. The minimum absolute atomic E-state index is 0.144. The number of nitro groups is 2. The summed E-state index contributed by atoms with van der Waals surface area (Å²) in [4.78, 5) is 32.6. The summed E-state index contributed by atoms with van der Waals surface area (Å²) in [5, 5.41) is 24.3. The molecule has 0 heterocycles. The zero-order chi connectivity index (χ0) is 23.3. The molecular formula is C23H21N3O6. The van der Waals surface area contributed by atoms with E-state index in [1.807, 2.05) is 30.3 Å². The smallest absolute Gasteiger partial charge is 0.299 e. The minimum atomic E-state index is -0.795. The van der Waals surface area contributed by atoms with Crippen molar-refractivity contribution in [2.75, 3.05) is 11.9 Å². The summed E-state index contributed by atoms with van der Waals surface area (Å²) in [5.41, 5.74) is 0.866. The van der Waals surface area contributed by atoms with E-state index >= 15 is 0 Å². The van der Waals surface area contributed by atoms with Crippen LogP contribution in [0.1, 0.15) is 25.0 Å². The maximum atomic E-state index is 12.2. The number of nitro benzene ring substituents is 2. The molecule has 0 bridgehead atoms. The first-order chi connectivity index (χ1) is 15.2. The molecule has 0 unspecified atom stereocenters. The highest BCUT2D eigenvalue weighted by Crippen LogP contribution is 2.32. The van der Waals surface area contributed by atoms with Crippen molar-refractivity contribution in [2.24, 2.45) is 0 Å². The Morgan fingerprint density at radius 2 is 1.53 bits per heavy atom. The number of anilines is 1. The van der Waals surface area contributed by atoms with Gasteiger partial charge < -0.3 is 10.1 Å². The molecule has 0 spiro atoms. The lowest BCUT2D eigenvalue weighted by Crippen LogP contribution is -2.21. The predicted octanol–water partition coefficient (Wildman–Crippen LogP) is 4.85. The summed E-state index contributed by atoms with van der Waals surface area (Å²) in [6, 6.07) is 20.4. The largest absolute Gasteiger partial charge is 0.484 e. The van der Waals surface area contributed by atoms with Crippen LogP contribution in [0, 0.1) is 20.2 Å². The van der Waals surface area contributed by atoms with Gasteiger partial charge in [-0.05, 0) is 29.3 Å². The Labute approximate surface area is 184 Å². The molecule has 0 aliphatic rings. The molecule has 0 saturated carbocycles. The van der Waals surface area contributed by atoms with Crippen LogP contribution in [0.5, 0.6) is 5.75 Å². The zero-order valence-electron chi connectivity index (χ0n) is 17.5. The van der Waals surface area contributed by atoms with E-state index in [0.717, 1.165) is 29.3 Å². The second kappa shape index (κ2) is 9.25. The third kappa shape index (κ3) is 5.07. The normalized spacial score (nSPS) is 10.9. The number of hydrogen-bond acceptors (Lipinski definition) is 6. The fraction of sp³-hybridized carbons (Fsp3) is 0.174. The fourth-order valence-corrected chi connectivity index (χ4v) is 3.21. The van der Waals surface area contributed by atoms with Crippen molar-refractivity contribution in [1.82, 2.24) is 0 Å². The van der Waals surface area contributed by atoms with Crippen molar-refractivity contribution >= 4 is 23.0 Å². The first kappa shape index (κ1) is 22.4. The second-order valence-electron chi connectivity index (χ2n) is 7.57. The van der Waals surface area contributed by atoms with Gasteiger partial charge in [0, 0.05) is 11.5 Å². The van der Waals surface area contributed by atoms with Crippen LogP contribution in [0.2, 0.25) is 0 Å². The number of hydrogen-bond donors (Lipinski definition) is 1. The maximum absolute atomic E-state index is 12.2. The van der Waals surface area contributed by atoms with E-state index < -0.39 is 27.1 Å². The number of benzene rings is 3. The number of nitrogens with zero attached hydrogens (tertiary/aromatic N) is 2. The van der Waals surface area contributed by atoms with E-state index in [9.17, 15) is 25.0 Å². The average Bonchev–Trinajstić information content (AvgIpc) is 2.78. The maximum Gasteiger partial charge on any atom is 0.299 e. The van der Waals surface area contributed by atoms with Crippen molar-refractivity contribution < 1.29 is 19.4 Å². The summed E-state index contributed by atoms with van der Waals surface area (Å²) in [6.45, 7) is 3.85. The molecule has 32 heavy (non-hydrogen) atoms. The van der Waals surface area contributed by atoms with Crippen LogP contribution in [-0.4, -0.2) is 22.4 Å². The summed E-state index contributed by atoms with van der Waals surface area (Å²) in [7, 11) is 0. The molecule has 0 radical (unpaired) electrons. The van der Waals surface area contributed by atoms with Gasteiger partial charge in [0.15, 0.2) is 6.61 Å². The Hall–Kier alpha value is -4.27. The van der Waals surface area contributed by atoms with Crippen LogP contribution in [0.4, 0.5) is 17.1 Å². The lowest BCUT2D eigenvalue weighted by molar-refractivity contribution is -0.393. The van der Waals surface area contributed by atoms with E-state index in [4.69, 9.17) is 4.74 Å². The molecule has 9 nitrogen and oxygen atoms in total. The fourth-order valence-electron chi connectivity index (χ4n) is 3.21. The lowest BCUT2D eigenvalue weighted by atomic mass is 9.78. The van der Waals surface area contributed by atoms with Gasteiger partial charge in [-0.2, -0.15) is 0 Å². The molecule has 1 amide bonds. The SMILES string of the molecule is CC(C)(c1ccccc1)c1ccc(OCC(=O)Nc2ccc([N+](=O)[O-])cc2[N+](=O)[O-])cc1. The standard InChI is InChI=1S/C23H21N3O6/c1-23(2,16-6-4-3-5-7-16)17-8-11-19(12-9-17)32-15-22(27)24-20-13-10-18(25(28)29)14-21(20)26(30)31/h3-14H,15H2,1-2H3,(H,24,27). The topological polar surface area (TPSA) is 125 Å². The molecule has 3 aromatic rings. The molecule has 0 fully saturated rings. The van der Waals surface area contributed by atoms with Gasteiger partial charge in [-0.1, -0.05) is 56.3 Å². The van der Waals surface area contributed by atoms with Gasteiger partial charge in [-0.25, -0.2) is 0 Å². The number of ether oxygens (including phenoxy) is 1. The predicted molar refractivity (Wildman–Crippen MR) is 119 cm³/mol. The van der Waals surface area contributed by atoms with Crippen molar-refractivity contribution in [3.05, 3.63) is 104 Å². The van der Waals surface area contributed by atoms with Crippen molar-refractivity contribution in [3.63, 3.8) is 0 Å². The summed E-state index contributed by atoms with van der Waals surface area (Å²) < 4.78 is 5.49. The molecule has 3 aromatic carbocycles. The van der Waals surface area contributed by atoms with Crippen LogP contribution < -0.4 is 10.1 Å².